The predicted molar refractivity (Wildman–Crippen MR) is 61.7 cm³/mol. The first-order chi connectivity index (χ1) is 7.13. The van der Waals surface area contributed by atoms with E-state index in [-0.39, 0.29) is 6.10 Å². The zero-order valence-corrected chi connectivity index (χ0v) is 9.98. The Morgan fingerprint density at radius 3 is 2.80 bits per heavy atom. The van der Waals surface area contributed by atoms with Gasteiger partial charge in [0.15, 0.2) is 0 Å². The van der Waals surface area contributed by atoms with Gasteiger partial charge in [-0.25, -0.2) is 4.98 Å². The van der Waals surface area contributed by atoms with Crippen molar-refractivity contribution < 1.29 is 5.11 Å². The summed E-state index contributed by atoms with van der Waals surface area (Å²) in [5.74, 6) is 1.54. The number of aliphatic hydroxyl groups is 1. The van der Waals surface area contributed by atoms with Crippen LogP contribution in [0.3, 0.4) is 0 Å². The van der Waals surface area contributed by atoms with E-state index in [1.807, 2.05) is 12.4 Å². The molecule has 3 heteroatoms. The molecule has 0 fully saturated rings. The van der Waals surface area contributed by atoms with Gasteiger partial charge >= 0.3 is 0 Å². The highest BCUT2D eigenvalue weighted by atomic mass is 16.3. The van der Waals surface area contributed by atoms with Gasteiger partial charge in [-0.05, 0) is 18.8 Å². The van der Waals surface area contributed by atoms with Crippen molar-refractivity contribution in [3.63, 3.8) is 0 Å². The van der Waals surface area contributed by atoms with Crippen LogP contribution in [-0.2, 0) is 13.0 Å². The lowest BCUT2D eigenvalue weighted by atomic mass is 10.0. The first-order valence-corrected chi connectivity index (χ1v) is 5.81. The van der Waals surface area contributed by atoms with Crippen LogP contribution >= 0.6 is 0 Å². The van der Waals surface area contributed by atoms with Gasteiger partial charge < -0.3 is 9.67 Å². The fraction of sp³-hybridized carbons (Fsp3) is 0.750. The number of imidazole rings is 1. The van der Waals surface area contributed by atoms with Gasteiger partial charge in [-0.2, -0.15) is 0 Å². The summed E-state index contributed by atoms with van der Waals surface area (Å²) in [4.78, 5) is 4.29. The maximum atomic E-state index is 9.83. The molecule has 0 bridgehead atoms. The normalized spacial score (nSPS) is 13.4. The summed E-state index contributed by atoms with van der Waals surface area (Å²) in [6, 6.07) is 0. The van der Waals surface area contributed by atoms with E-state index in [0.29, 0.717) is 12.3 Å². The number of hydrogen-bond donors (Lipinski definition) is 1. The summed E-state index contributed by atoms with van der Waals surface area (Å²) < 4.78 is 2.13. The van der Waals surface area contributed by atoms with Crippen LogP contribution < -0.4 is 0 Å². The van der Waals surface area contributed by atoms with Crippen LogP contribution in [0.2, 0.25) is 0 Å². The maximum Gasteiger partial charge on any atom is 0.111 e. The second-order valence-corrected chi connectivity index (χ2v) is 4.52. The van der Waals surface area contributed by atoms with Crippen LogP contribution in [-0.4, -0.2) is 20.8 Å². The number of aliphatic hydroxyl groups excluding tert-OH is 1. The third kappa shape index (κ3) is 4.04. The van der Waals surface area contributed by atoms with Gasteiger partial charge in [0.1, 0.15) is 5.82 Å². The van der Waals surface area contributed by atoms with E-state index in [0.717, 1.165) is 25.2 Å². The molecule has 1 heterocycles. The fourth-order valence-electron chi connectivity index (χ4n) is 1.81. The van der Waals surface area contributed by atoms with E-state index in [9.17, 15) is 5.11 Å². The summed E-state index contributed by atoms with van der Waals surface area (Å²) in [5.41, 5.74) is 0. The molecule has 0 aromatic carbocycles. The third-order valence-electron chi connectivity index (χ3n) is 2.43. The molecular formula is C12H22N2O. The second-order valence-electron chi connectivity index (χ2n) is 4.52. The highest BCUT2D eigenvalue weighted by molar-refractivity contribution is 4.94. The number of aryl methyl sites for hydroxylation is 1. The summed E-state index contributed by atoms with van der Waals surface area (Å²) in [6.07, 6.45) is 6.16. The average Bonchev–Trinajstić information content (AvgIpc) is 2.52. The molecule has 0 aliphatic rings. The van der Waals surface area contributed by atoms with Crippen LogP contribution in [0.1, 0.15) is 39.4 Å². The number of hydrogen-bond acceptors (Lipinski definition) is 2. The largest absolute Gasteiger partial charge is 0.393 e. The SMILES string of the molecule is CCCn1ccnc1CC(O)CC(C)C. The molecular weight excluding hydrogens is 188 g/mol. The van der Waals surface area contributed by atoms with Crippen molar-refractivity contribution in [2.75, 3.05) is 0 Å². The quantitative estimate of drug-likeness (QED) is 0.782. The average molecular weight is 210 g/mol. The molecule has 15 heavy (non-hydrogen) atoms. The van der Waals surface area contributed by atoms with Crippen molar-refractivity contribution in [1.82, 2.24) is 9.55 Å². The van der Waals surface area contributed by atoms with E-state index < -0.39 is 0 Å². The van der Waals surface area contributed by atoms with Crippen LogP contribution in [0.5, 0.6) is 0 Å². The van der Waals surface area contributed by atoms with E-state index >= 15 is 0 Å². The van der Waals surface area contributed by atoms with E-state index in [2.05, 4.69) is 30.3 Å². The van der Waals surface area contributed by atoms with Gasteiger partial charge in [0.2, 0.25) is 0 Å². The molecule has 0 aliphatic carbocycles. The molecule has 86 valence electrons. The zero-order valence-electron chi connectivity index (χ0n) is 9.98. The number of rotatable bonds is 6. The van der Waals surface area contributed by atoms with Crippen molar-refractivity contribution in [1.29, 1.82) is 0 Å². The van der Waals surface area contributed by atoms with Gasteiger partial charge in [-0.3, -0.25) is 0 Å². The minimum Gasteiger partial charge on any atom is -0.393 e. The molecule has 0 saturated heterocycles. The topological polar surface area (TPSA) is 38.0 Å². The van der Waals surface area contributed by atoms with E-state index in [1.165, 1.54) is 0 Å². The van der Waals surface area contributed by atoms with Crippen LogP contribution in [0.15, 0.2) is 12.4 Å². The predicted octanol–water partition coefficient (Wildman–Crippen LogP) is 2.24. The monoisotopic (exact) mass is 210 g/mol. The van der Waals surface area contributed by atoms with Gasteiger partial charge in [0.05, 0.1) is 6.10 Å². The molecule has 0 spiro atoms. The van der Waals surface area contributed by atoms with Crippen LogP contribution in [0.4, 0.5) is 0 Å². The summed E-state index contributed by atoms with van der Waals surface area (Å²) >= 11 is 0. The fourth-order valence-corrected chi connectivity index (χ4v) is 1.81. The Labute approximate surface area is 92.1 Å². The molecule has 1 rings (SSSR count). The lowest BCUT2D eigenvalue weighted by Gasteiger charge is -2.13. The van der Waals surface area contributed by atoms with E-state index in [1.54, 1.807) is 0 Å². The molecule has 1 aromatic rings. The summed E-state index contributed by atoms with van der Waals surface area (Å²) in [6.45, 7) is 7.39. The first-order valence-electron chi connectivity index (χ1n) is 5.81. The van der Waals surface area contributed by atoms with Gasteiger partial charge in [0, 0.05) is 25.4 Å². The Morgan fingerprint density at radius 1 is 1.47 bits per heavy atom. The van der Waals surface area contributed by atoms with Crippen molar-refractivity contribution in [2.45, 2.75) is 52.7 Å². The Kier molecular flexibility index (Phi) is 4.82. The molecule has 0 radical (unpaired) electrons. The number of nitrogens with zero attached hydrogens (tertiary/aromatic N) is 2. The van der Waals surface area contributed by atoms with Crippen molar-refractivity contribution in [3.8, 4) is 0 Å². The summed E-state index contributed by atoms with van der Waals surface area (Å²) in [7, 11) is 0. The molecule has 1 unspecified atom stereocenters. The standard InChI is InChI=1S/C12H22N2O/c1-4-6-14-7-5-13-12(14)9-11(15)8-10(2)3/h5,7,10-11,15H,4,6,8-9H2,1-3H3. The maximum absolute atomic E-state index is 9.83. The molecule has 0 aliphatic heterocycles. The smallest absolute Gasteiger partial charge is 0.111 e. The van der Waals surface area contributed by atoms with Crippen LogP contribution in [0, 0.1) is 5.92 Å². The lowest BCUT2D eigenvalue weighted by molar-refractivity contribution is 0.145. The Morgan fingerprint density at radius 2 is 2.20 bits per heavy atom. The first kappa shape index (κ1) is 12.2. The van der Waals surface area contributed by atoms with Crippen molar-refractivity contribution in [3.05, 3.63) is 18.2 Å². The van der Waals surface area contributed by atoms with Crippen molar-refractivity contribution >= 4 is 0 Å². The Hall–Kier alpha value is -0.830. The number of aromatic nitrogens is 2. The minimum atomic E-state index is -0.261. The van der Waals surface area contributed by atoms with Gasteiger partial charge in [-0.1, -0.05) is 20.8 Å². The molecule has 1 N–H and O–H groups in total. The zero-order chi connectivity index (χ0) is 11.3. The Balaban J connectivity index is 2.51. The summed E-state index contributed by atoms with van der Waals surface area (Å²) in [5, 5.41) is 9.83. The highest BCUT2D eigenvalue weighted by Crippen LogP contribution is 2.10. The lowest BCUT2D eigenvalue weighted by Crippen LogP contribution is -2.16. The molecule has 0 saturated carbocycles. The molecule has 3 nitrogen and oxygen atoms in total. The molecule has 1 atom stereocenters. The van der Waals surface area contributed by atoms with E-state index in [4.69, 9.17) is 0 Å². The Bertz CT molecular complexity index is 281. The van der Waals surface area contributed by atoms with Gasteiger partial charge in [0.25, 0.3) is 0 Å². The van der Waals surface area contributed by atoms with Gasteiger partial charge in [-0.15, -0.1) is 0 Å². The van der Waals surface area contributed by atoms with Crippen LogP contribution in [0.25, 0.3) is 0 Å². The second kappa shape index (κ2) is 5.91. The molecule has 0 amide bonds. The third-order valence-corrected chi connectivity index (χ3v) is 2.43. The van der Waals surface area contributed by atoms with Crippen molar-refractivity contribution in [2.24, 2.45) is 5.92 Å². The minimum absolute atomic E-state index is 0.261. The highest BCUT2D eigenvalue weighted by Gasteiger charge is 2.11. The molecule has 1 aromatic heterocycles.